The van der Waals surface area contributed by atoms with Gasteiger partial charge in [0.1, 0.15) is 11.8 Å². The Morgan fingerprint density at radius 3 is 2.36 bits per heavy atom. The molecular formula is C8H10F2O4. The van der Waals surface area contributed by atoms with Crippen LogP contribution >= 0.6 is 0 Å². The van der Waals surface area contributed by atoms with E-state index in [4.69, 9.17) is 0 Å². The maximum Gasteiger partial charge on any atom is 0.345 e. The summed E-state index contributed by atoms with van der Waals surface area (Å²) in [7, 11) is 1.14. The van der Waals surface area contributed by atoms with Gasteiger partial charge in [-0.1, -0.05) is 0 Å². The molecule has 0 fully saturated rings. The Bertz CT molecular complexity index is 248. The molecule has 4 nitrogen and oxygen atoms in total. The number of Topliss-reactive ketones (excluding diaryl/α,β-unsaturated/α-hetero) is 1. The predicted octanol–water partition coefficient (Wildman–Crippen LogP) is 0.914. The first-order chi connectivity index (χ1) is 6.54. The summed E-state index contributed by atoms with van der Waals surface area (Å²) in [4.78, 5) is 21.7. The van der Waals surface area contributed by atoms with Gasteiger partial charge in [0.15, 0.2) is 0 Å². The van der Waals surface area contributed by atoms with Crippen molar-refractivity contribution in [2.24, 2.45) is 0 Å². The van der Waals surface area contributed by atoms with Crippen LogP contribution in [0.5, 0.6) is 0 Å². The first kappa shape index (κ1) is 12.5. The smallest absolute Gasteiger partial charge is 0.345 e. The lowest BCUT2D eigenvalue weighted by Crippen LogP contribution is -2.21. The van der Waals surface area contributed by atoms with E-state index in [0.717, 1.165) is 7.11 Å². The zero-order valence-corrected chi connectivity index (χ0v) is 7.75. The number of hydrogen-bond acceptors (Lipinski definition) is 4. The second-order valence-electron chi connectivity index (χ2n) is 2.15. The Hall–Kier alpha value is -1.46. The third-order valence-corrected chi connectivity index (χ3v) is 1.19. The summed E-state index contributed by atoms with van der Waals surface area (Å²) in [5.74, 6) is -2.72. The molecule has 0 amide bonds. The third kappa shape index (κ3) is 3.51. The summed E-state index contributed by atoms with van der Waals surface area (Å²) in [5.41, 5.74) is -0.788. The topological polar surface area (TPSA) is 52.6 Å². The van der Waals surface area contributed by atoms with Crippen molar-refractivity contribution in [3.8, 4) is 0 Å². The van der Waals surface area contributed by atoms with Crippen LogP contribution < -0.4 is 0 Å². The van der Waals surface area contributed by atoms with Crippen LogP contribution in [0.3, 0.4) is 0 Å². The van der Waals surface area contributed by atoms with E-state index >= 15 is 0 Å². The average Bonchev–Trinajstić information content (AvgIpc) is 2.13. The van der Waals surface area contributed by atoms with Crippen molar-refractivity contribution < 1.29 is 27.8 Å². The summed E-state index contributed by atoms with van der Waals surface area (Å²) >= 11 is 0. The molecule has 0 aromatic rings. The van der Waals surface area contributed by atoms with Crippen molar-refractivity contribution in [1.29, 1.82) is 0 Å². The second-order valence-corrected chi connectivity index (χ2v) is 2.15. The molecule has 0 aliphatic rings. The van der Waals surface area contributed by atoms with E-state index in [0.29, 0.717) is 6.26 Å². The Balaban J connectivity index is 4.69. The van der Waals surface area contributed by atoms with E-state index in [-0.39, 0.29) is 6.61 Å². The van der Waals surface area contributed by atoms with Gasteiger partial charge in [-0.25, -0.2) is 13.6 Å². The van der Waals surface area contributed by atoms with Crippen LogP contribution in [0.25, 0.3) is 0 Å². The lowest BCUT2D eigenvalue weighted by atomic mass is 10.2. The highest BCUT2D eigenvalue weighted by molar-refractivity contribution is 6.18. The molecular weight excluding hydrogens is 198 g/mol. The van der Waals surface area contributed by atoms with Crippen LogP contribution in [0.4, 0.5) is 8.78 Å². The average molecular weight is 208 g/mol. The van der Waals surface area contributed by atoms with Crippen molar-refractivity contribution in [3.05, 3.63) is 11.8 Å². The Morgan fingerprint density at radius 1 is 1.43 bits per heavy atom. The molecule has 80 valence electrons. The number of hydrogen-bond donors (Lipinski definition) is 0. The molecule has 0 atom stereocenters. The molecule has 6 heteroatoms. The Morgan fingerprint density at radius 2 is 2.00 bits per heavy atom. The standard InChI is InChI=1S/C8H10F2O4/c1-3-14-8(12)5(4-13-2)6(11)7(9)10/h4,7H,3H2,1-2H3. The number of carbonyl (C=O) groups is 2. The molecule has 0 saturated heterocycles. The van der Waals surface area contributed by atoms with Gasteiger partial charge in [-0.2, -0.15) is 0 Å². The van der Waals surface area contributed by atoms with E-state index in [1.165, 1.54) is 6.92 Å². The van der Waals surface area contributed by atoms with E-state index < -0.39 is 23.8 Å². The summed E-state index contributed by atoms with van der Waals surface area (Å²) in [6.07, 6.45) is -2.60. The molecule has 0 radical (unpaired) electrons. The zero-order valence-electron chi connectivity index (χ0n) is 7.75. The van der Waals surface area contributed by atoms with E-state index in [1.54, 1.807) is 0 Å². The molecule has 14 heavy (non-hydrogen) atoms. The predicted molar refractivity (Wildman–Crippen MR) is 42.7 cm³/mol. The van der Waals surface area contributed by atoms with Crippen molar-refractivity contribution >= 4 is 11.8 Å². The maximum atomic E-state index is 11.9. The molecule has 0 saturated carbocycles. The van der Waals surface area contributed by atoms with Crippen LogP contribution in [-0.2, 0) is 19.1 Å². The fraction of sp³-hybridized carbons (Fsp3) is 0.500. The van der Waals surface area contributed by atoms with Crippen LogP contribution in [0, 0.1) is 0 Å². The molecule has 0 spiro atoms. The number of ketones is 1. The van der Waals surface area contributed by atoms with Crippen LogP contribution in [-0.4, -0.2) is 31.9 Å². The van der Waals surface area contributed by atoms with Crippen molar-refractivity contribution in [2.75, 3.05) is 13.7 Å². The number of methoxy groups -OCH3 is 1. The number of rotatable bonds is 5. The van der Waals surface area contributed by atoms with Gasteiger partial charge in [0.2, 0.25) is 5.78 Å². The monoisotopic (exact) mass is 208 g/mol. The van der Waals surface area contributed by atoms with Gasteiger partial charge in [0.05, 0.1) is 13.7 Å². The van der Waals surface area contributed by atoms with E-state index in [2.05, 4.69) is 9.47 Å². The molecule has 0 aromatic carbocycles. The van der Waals surface area contributed by atoms with Gasteiger partial charge in [-0.05, 0) is 6.92 Å². The fourth-order valence-corrected chi connectivity index (χ4v) is 0.651. The minimum atomic E-state index is -3.25. The van der Waals surface area contributed by atoms with Gasteiger partial charge in [-0.3, -0.25) is 4.79 Å². The second kappa shape index (κ2) is 6.06. The minimum Gasteiger partial charge on any atom is -0.503 e. The molecule has 0 bridgehead atoms. The van der Waals surface area contributed by atoms with Gasteiger partial charge in [0.25, 0.3) is 0 Å². The van der Waals surface area contributed by atoms with Crippen LogP contribution in [0.2, 0.25) is 0 Å². The highest BCUT2D eigenvalue weighted by Crippen LogP contribution is 2.07. The highest BCUT2D eigenvalue weighted by Gasteiger charge is 2.27. The first-order valence-corrected chi connectivity index (χ1v) is 3.77. The van der Waals surface area contributed by atoms with Gasteiger partial charge < -0.3 is 9.47 Å². The third-order valence-electron chi connectivity index (χ3n) is 1.19. The van der Waals surface area contributed by atoms with Crippen molar-refractivity contribution in [3.63, 3.8) is 0 Å². The quantitative estimate of drug-likeness (QED) is 0.221. The van der Waals surface area contributed by atoms with Gasteiger partial charge in [0, 0.05) is 0 Å². The number of esters is 1. The number of alkyl halides is 2. The zero-order chi connectivity index (χ0) is 11.1. The lowest BCUT2D eigenvalue weighted by molar-refractivity contribution is -0.142. The molecule has 0 rings (SSSR count). The van der Waals surface area contributed by atoms with E-state index in [1.807, 2.05) is 0 Å². The summed E-state index contributed by atoms with van der Waals surface area (Å²) in [6.45, 7) is 1.49. The molecule has 0 aliphatic carbocycles. The largest absolute Gasteiger partial charge is 0.503 e. The Labute approximate surface area is 79.5 Å². The molecule has 0 aromatic heterocycles. The normalized spacial score (nSPS) is 11.4. The highest BCUT2D eigenvalue weighted by atomic mass is 19.3. The lowest BCUT2D eigenvalue weighted by Gasteiger charge is -2.04. The number of ether oxygens (including phenoxy) is 2. The number of carbonyl (C=O) groups excluding carboxylic acids is 2. The summed E-state index contributed by atoms with van der Waals surface area (Å²) in [5, 5.41) is 0. The van der Waals surface area contributed by atoms with Crippen molar-refractivity contribution in [2.45, 2.75) is 13.3 Å². The summed E-state index contributed by atoms with van der Waals surface area (Å²) < 4.78 is 32.6. The van der Waals surface area contributed by atoms with Crippen molar-refractivity contribution in [1.82, 2.24) is 0 Å². The van der Waals surface area contributed by atoms with Crippen LogP contribution in [0.15, 0.2) is 11.8 Å². The molecule has 0 unspecified atom stereocenters. The maximum absolute atomic E-state index is 11.9. The van der Waals surface area contributed by atoms with E-state index in [9.17, 15) is 18.4 Å². The Kier molecular flexibility index (Phi) is 5.43. The fourth-order valence-electron chi connectivity index (χ4n) is 0.651. The van der Waals surface area contributed by atoms with Gasteiger partial charge in [-0.15, -0.1) is 0 Å². The summed E-state index contributed by atoms with van der Waals surface area (Å²) in [6, 6.07) is 0. The molecule has 0 heterocycles. The minimum absolute atomic E-state index is 0.00357. The van der Waals surface area contributed by atoms with Crippen LogP contribution in [0.1, 0.15) is 6.92 Å². The molecule has 0 aliphatic heterocycles. The van der Waals surface area contributed by atoms with Gasteiger partial charge >= 0.3 is 12.4 Å². The molecule has 0 N–H and O–H groups in total. The SMILES string of the molecule is CCOC(=O)C(=COC)C(=O)C(F)F. The number of halogens is 2. The first-order valence-electron chi connectivity index (χ1n) is 3.77.